The summed E-state index contributed by atoms with van der Waals surface area (Å²) in [5, 5.41) is 0.695. The van der Waals surface area contributed by atoms with Crippen LogP contribution >= 0.6 is 23.4 Å². The molecule has 0 radical (unpaired) electrons. The molecule has 4 nitrogen and oxygen atoms in total. The lowest BCUT2D eigenvalue weighted by Gasteiger charge is -2.10. The van der Waals surface area contributed by atoms with Crippen molar-refractivity contribution < 1.29 is 14.3 Å². The molecule has 1 unspecified atom stereocenters. The molecule has 0 heterocycles. The van der Waals surface area contributed by atoms with E-state index in [1.807, 2.05) is 12.1 Å². The van der Waals surface area contributed by atoms with Crippen molar-refractivity contribution in [3.05, 3.63) is 29.3 Å². The third-order valence-electron chi connectivity index (χ3n) is 2.40. The molecule has 2 N–H and O–H groups in total. The maximum absolute atomic E-state index is 11.3. The number of hydrogen-bond donors (Lipinski definition) is 1. The predicted molar refractivity (Wildman–Crippen MR) is 83.5 cm³/mol. The van der Waals surface area contributed by atoms with Crippen LogP contribution in [0.25, 0.3) is 0 Å². The van der Waals surface area contributed by atoms with E-state index in [2.05, 4.69) is 0 Å². The molecule has 1 aromatic carbocycles. The Morgan fingerprint density at radius 3 is 2.75 bits per heavy atom. The van der Waals surface area contributed by atoms with E-state index in [9.17, 15) is 4.79 Å². The monoisotopic (exact) mass is 317 g/mol. The highest BCUT2D eigenvalue weighted by Gasteiger charge is 2.13. The topological polar surface area (TPSA) is 61.5 Å². The van der Waals surface area contributed by atoms with Gasteiger partial charge in [0.25, 0.3) is 0 Å². The first kappa shape index (κ1) is 17.1. The zero-order valence-electron chi connectivity index (χ0n) is 11.5. The van der Waals surface area contributed by atoms with Crippen molar-refractivity contribution in [2.24, 2.45) is 5.73 Å². The summed E-state index contributed by atoms with van der Waals surface area (Å²) in [6, 6.07) is 6.73. The van der Waals surface area contributed by atoms with Gasteiger partial charge in [-0.25, -0.2) is 0 Å². The summed E-state index contributed by atoms with van der Waals surface area (Å²) < 4.78 is 10.4. The number of thioether (sulfide) groups is 1. The summed E-state index contributed by atoms with van der Waals surface area (Å²) in [4.78, 5) is 11.3. The van der Waals surface area contributed by atoms with Gasteiger partial charge in [0.05, 0.1) is 13.2 Å². The molecule has 1 atom stereocenters. The van der Waals surface area contributed by atoms with Gasteiger partial charge >= 0.3 is 5.97 Å². The van der Waals surface area contributed by atoms with Crippen molar-refractivity contribution in [1.82, 2.24) is 0 Å². The minimum atomic E-state index is -0.544. The van der Waals surface area contributed by atoms with E-state index >= 15 is 0 Å². The van der Waals surface area contributed by atoms with E-state index in [0.29, 0.717) is 24.0 Å². The van der Waals surface area contributed by atoms with Crippen molar-refractivity contribution in [3.8, 4) is 5.75 Å². The van der Waals surface area contributed by atoms with Crippen molar-refractivity contribution in [2.75, 3.05) is 24.7 Å². The smallest absolute Gasteiger partial charge is 0.323 e. The number of carbonyl (C=O) groups excluding carboxylic acids is 1. The lowest BCUT2D eigenvalue weighted by Crippen LogP contribution is -2.34. The van der Waals surface area contributed by atoms with Gasteiger partial charge in [-0.05, 0) is 43.4 Å². The molecule has 20 heavy (non-hydrogen) atoms. The zero-order chi connectivity index (χ0) is 14.8. The molecule has 0 aliphatic rings. The van der Waals surface area contributed by atoms with Gasteiger partial charge in [-0.15, -0.1) is 0 Å². The van der Waals surface area contributed by atoms with Gasteiger partial charge in [0.1, 0.15) is 11.8 Å². The van der Waals surface area contributed by atoms with Gasteiger partial charge in [0.2, 0.25) is 0 Å². The molecule has 112 valence electrons. The first-order chi connectivity index (χ1) is 9.63. The van der Waals surface area contributed by atoms with Crippen LogP contribution in [-0.4, -0.2) is 36.7 Å². The van der Waals surface area contributed by atoms with Crippen LogP contribution in [0.5, 0.6) is 5.75 Å². The minimum absolute atomic E-state index is 0.336. The third kappa shape index (κ3) is 7.03. The van der Waals surface area contributed by atoms with Crippen LogP contribution in [0, 0.1) is 0 Å². The zero-order valence-corrected chi connectivity index (χ0v) is 13.1. The molecule has 0 aromatic heterocycles. The quantitative estimate of drug-likeness (QED) is 0.560. The van der Waals surface area contributed by atoms with E-state index in [1.54, 1.807) is 30.8 Å². The van der Waals surface area contributed by atoms with Gasteiger partial charge in [0, 0.05) is 10.8 Å². The SMILES string of the molecule is CCOC(=O)C(N)CSCCCOc1ccc(Cl)cc1. The van der Waals surface area contributed by atoms with E-state index in [0.717, 1.165) is 17.9 Å². The van der Waals surface area contributed by atoms with Crippen LogP contribution in [0.1, 0.15) is 13.3 Å². The fraction of sp³-hybridized carbons (Fsp3) is 0.500. The fourth-order valence-electron chi connectivity index (χ4n) is 1.41. The van der Waals surface area contributed by atoms with Crippen molar-refractivity contribution in [3.63, 3.8) is 0 Å². The van der Waals surface area contributed by atoms with Crippen molar-refractivity contribution >= 4 is 29.3 Å². The van der Waals surface area contributed by atoms with Crippen LogP contribution in [0.3, 0.4) is 0 Å². The largest absolute Gasteiger partial charge is 0.494 e. The molecule has 0 aliphatic heterocycles. The number of ether oxygens (including phenoxy) is 2. The van der Waals surface area contributed by atoms with Crippen molar-refractivity contribution in [2.45, 2.75) is 19.4 Å². The molecule has 1 aromatic rings. The Morgan fingerprint density at radius 2 is 2.10 bits per heavy atom. The number of halogens is 1. The van der Waals surface area contributed by atoms with Crippen LogP contribution in [0.4, 0.5) is 0 Å². The Kier molecular flexibility index (Phi) is 8.49. The highest BCUT2D eigenvalue weighted by Crippen LogP contribution is 2.16. The summed E-state index contributed by atoms with van der Waals surface area (Å²) >= 11 is 7.41. The lowest BCUT2D eigenvalue weighted by molar-refractivity contribution is -0.144. The molecule has 0 bridgehead atoms. The van der Waals surface area contributed by atoms with Gasteiger partial charge < -0.3 is 15.2 Å². The molecule has 0 aliphatic carbocycles. The average Bonchev–Trinajstić information content (AvgIpc) is 2.44. The molecule has 0 saturated carbocycles. The fourth-order valence-corrected chi connectivity index (χ4v) is 2.41. The van der Waals surface area contributed by atoms with Crippen LogP contribution in [-0.2, 0) is 9.53 Å². The maximum atomic E-state index is 11.3. The van der Waals surface area contributed by atoms with Crippen molar-refractivity contribution in [1.29, 1.82) is 0 Å². The number of benzene rings is 1. The van der Waals surface area contributed by atoms with Crippen LogP contribution < -0.4 is 10.5 Å². The Balaban J connectivity index is 2.05. The average molecular weight is 318 g/mol. The Hall–Kier alpha value is -0.910. The third-order valence-corrected chi connectivity index (χ3v) is 3.83. The second kappa shape index (κ2) is 9.91. The minimum Gasteiger partial charge on any atom is -0.494 e. The normalized spacial score (nSPS) is 11.9. The molecule has 0 fully saturated rings. The summed E-state index contributed by atoms with van der Waals surface area (Å²) in [7, 11) is 0. The second-order valence-electron chi connectivity index (χ2n) is 4.09. The predicted octanol–water partition coefficient (Wildman–Crippen LogP) is 2.73. The summed E-state index contributed by atoms with van der Waals surface area (Å²) in [5.74, 6) is 1.93. The van der Waals surface area contributed by atoms with E-state index in [-0.39, 0.29) is 5.97 Å². The van der Waals surface area contributed by atoms with E-state index in [1.165, 1.54) is 0 Å². The van der Waals surface area contributed by atoms with Gasteiger partial charge in [-0.2, -0.15) is 11.8 Å². The molecule has 6 heteroatoms. The Bertz CT molecular complexity index is 400. The molecule has 0 saturated heterocycles. The highest BCUT2D eigenvalue weighted by atomic mass is 35.5. The maximum Gasteiger partial charge on any atom is 0.323 e. The standard InChI is InChI=1S/C14H20ClNO3S/c1-2-18-14(17)13(16)10-20-9-3-8-19-12-6-4-11(15)5-7-12/h4-7,13H,2-3,8-10,16H2,1H3. The lowest BCUT2D eigenvalue weighted by atomic mass is 10.3. The first-order valence-electron chi connectivity index (χ1n) is 6.51. The molecule has 0 spiro atoms. The first-order valence-corrected chi connectivity index (χ1v) is 8.05. The molecular weight excluding hydrogens is 298 g/mol. The molecular formula is C14H20ClNO3S. The van der Waals surface area contributed by atoms with Gasteiger partial charge in [0.15, 0.2) is 0 Å². The van der Waals surface area contributed by atoms with Crippen LogP contribution in [0.2, 0.25) is 5.02 Å². The summed E-state index contributed by atoms with van der Waals surface area (Å²) in [5.41, 5.74) is 5.68. The summed E-state index contributed by atoms with van der Waals surface area (Å²) in [6.07, 6.45) is 0.892. The van der Waals surface area contributed by atoms with Gasteiger partial charge in [-0.1, -0.05) is 11.6 Å². The molecule has 0 amide bonds. The van der Waals surface area contributed by atoms with Crippen LogP contribution in [0.15, 0.2) is 24.3 Å². The number of nitrogens with two attached hydrogens (primary N) is 1. The van der Waals surface area contributed by atoms with E-state index < -0.39 is 6.04 Å². The number of carbonyl (C=O) groups is 1. The number of rotatable bonds is 9. The second-order valence-corrected chi connectivity index (χ2v) is 5.68. The highest BCUT2D eigenvalue weighted by molar-refractivity contribution is 7.99. The van der Waals surface area contributed by atoms with E-state index in [4.69, 9.17) is 26.8 Å². The Morgan fingerprint density at radius 1 is 1.40 bits per heavy atom. The Labute approximate surface area is 129 Å². The van der Waals surface area contributed by atoms with Gasteiger partial charge in [-0.3, -0.25) is 4.79 Å². The molecule has 1 rings (SSSR count). The number of hydrogen-bond acceptors (Lipinski definition) is 5. The number of esters is 1. The summed E-state index contributed by atoms with van der Waals surface area (Å²) in [6.45, 7) is 2.77.